The largest absolute Gasteiger partial charge is 0.480 e. The molecule has 39 heavy (non-hydrogen) atoms. The molecule has 1 atom stereocenters. The van der Waals surface area contributed by atoms with Gasteiger partial charge < -0.3 is 15.7 Å². The third-order valence-electron chi connectivity index (χ3n) is 6.56. The van der Waals surface area contributed by atoms with E-state index in [1.165, 1.54) is 11.6 Å². The molecular formula is C30H32ClN3O5. The first-order valence-electron chi connectivity index (χ1n) is 12.6. The maximum absolute atomic E-state index is 12.0. The minimum atomic E-state index is -0.917. The van der Waals surface area contributed by atoms with Crippen LogP contribution in [0.5, 0.6) is 0 Å². The molecule has 1 amide bonds. The molecule has 0 spiro atoms. The van der Waals surface area contributed by atoms with E-state index in [0.717, 1.165) is 52.8 Å². The van der Waals surface area contributed by atoms with Crippen LogP contribution < -0.4 is 10.6 Å². The molecule has 0 aromatic heterocycles. The molecule has 4 rings (SSSR count). The number of aryl methyl sites for hydroxylation is 3. The summed E-state index contributed by atoms with van der Waals surface area (Å²) < 4.78 is 0. The van der Waals surface area contributed by atoms with Gasteiger partial charge in [-0.1, -0.05) is 48.0 Å². The lowest BCUT2D eigenvalue weighted by atomic mass is 9.86. The normalized spacial score (nSPS) is 12.8. The van der Waals surface area contributed by atoms with E-state index in [1.807, 2.05) is 57.2 Å². The lowest BCUT2D eigenvalue weighted by Crippen LogP contribution is -2.38. The number of benzene rings is 3. The molecule has 0 heterocycles. The fourth-order valence-electron chi connectivity index (χ4n) is 4.33. The van der Waals surface area contributed by atoms with E-state index in [0.29, 0.717) is 23.5 Å². The second-order valence-corrected chi connectivity index (χ2v) is 9.92. The standard InChI is InChI=1S/C23H25ClN2O3.C7H7NO2/c1-14-5-3-8-18(24)21(14)22(17-6-4-7-17)26-20(23(28)29)12-16-9-10-19(25-13-27)15(2)11-16;1-6-3-2-4-7(5-6)8(9)10/h3,5,8-11,13,20,26H,4,6-7,12H2,1-2H3,(H,25,27)(H,28,29);2-5H,1H3. The molecule has 0 aliphatic heterocycles. The van der Waals surface area contributed by atoms with Crippen LogP contribution in [0, 0.1) is 30.9 Å². The van der Waals surface area contributed by atoms with Crippen molar-refractivity contribution in [1.29, 1.82) is 0 Å². The second kappa shape index (κ2) is 13.6. The quantitative estimate of drug-likeness (QED) is 0.157. The van der Waals surface area contributed by atoms with Crippen molar-refractivity contribution in [3.05, 3.63) is 109 Å². The zero-order valence-electron chi connectivity index (χ0n) is 22.2. The number of aliphatic carboxylic acids is 1. The van der Waals surface area contributed by atoms with E-state index >= 15 is 0 Å². The first kappa shape index (κ1) is 29.4. The average molecular weight is 550 g/mol. The van der Waals surface area contributed by atoms with Gasteiger partial charge in [-0.05, 0) is 80.0 Å². The Morgan fingerprint density at radius 3 is 2.31 bits per heavy atom. The van der Waals surface area contributed by atoms with Crippen LogP contribution in [-0.4, -0.2) is 28.5 Å². The number of carbonyl (C=O) groups excluding carboxylic acids is 1. The number of hydrogen-bond acceptors (Lipinski definition) is 5. The summed E-state index contributed by atoms with van der Waals surface area (Å²) in [6, 6.07) is 17.0. The van der Waals surface area contributed by atoms with Gasteiger partial charge in [-0.3, -0.25) is 14.9 Å². The summed E-state index contributed by atoms with van der Waals surface area (Å²) in [5.41, 5.74) is 7.52. The van der Waals surface area contributed by atoms with E-state index in [4.69, 9.17) is 11.6 Å². The zero-order valence-corrected chi connectivity index (χ0v) is 22.9. The van der Waals surface area contributed by atoms with Gasteiger partial charge in [0.2, 0.25) is 6.41 Å². The Kier molecular flexibility index (Phi) is 10.2. The first-order valence-corrected chi connectivity index (χ1v) is 13.0. The molecule has 1 unspecified atom stereocenters. The Labute approximate surface area is 232 Å². The van der Waals surface area contributed by atoms with Crippen LogP contribution in [0.4, 0.5) is 11.4 Å². The maximum Gasteiger partial charge on any atom is 0.326 e. The molecule has 204 valence electrons. The van der Waals surface area contributed by atoms with Crippen LogP contribution in [0.15, 0.2) is 66.2 Å². The van der Waals surface area contributed by atoms with Gasteiger partial charge >= 0.3 is 5.97 Å². The molecule has 0 radical (unpaired) electrons. The smallest absolute Gasteiger partial charge is 0.326 e. The van der Waals surface area contributed by atoms with Gasteiger partial charge in [0.15, 0.2) is 0 Å². The van der Waals surface area contributed by atoms with E-state index < -0.39 is 16.9 Å². The number of rotatable bonds is 9. The Hall–Kier alpha value is -4.17. The molecule has 3 aromatic rings. The molecule has 0 saturated heterocycles. The number of allylic oxidation sites excluding steroid dienone is 1. The Morgan fingerprint density at radius 1 is 1.08 bits per heavy atom. The molecule has 3 aromatic carbocycles. The van der Waals surface area contributed by atoms with Gasteiger partial charge in [-0.2, -0.15) is 0 Å². The number of nitrogens with one attached hydrogen (secondary N) is 2. The Bertz CT molecular complexity index is 1380. The lowest BCUT2D eigenvalue weighted by molar-refractivity contribution is -0.384. The summed E-state index contributed by atoms with van der Waals surface area (Å²) in [6.07, 6.45) is 3.95. The predicted octanol–water partition coefficient (Wildman–Crippen LogP) is 6.61. The number of carboxylic acids is 1. The van der Waals surface area contributed by atoms with Crippen molar-refractivity contribution < 1.29 is 19.6 Å². The maximum atomic E-state index is 12.0. The molecule has 1 aliphatic rings. The van der Waals surface area contributed by atoms with E-state index in [1.54, 1.807) is 18.2 Å². The third-order valence-corrected chi connectivity index (χ3v) is 6.87. The summed E-state index contributed by atoms with van der Waals surface area (Å²) in [7, 11) is 0. The number of amides is 1. The van der Waals surface area contributed by atoms with Crippen LogP contribution >= 0.6 is 11.6 Å². The summed E-state index contributed by atoms with van der Waals surface area (Å²) in [5.74, 6) is -0.917. The van der Waals surface area contributed by atoms with Crippen LogP contribution in [0.1, 0.15) is 47.1 Å². The molecule has 0 bridgehead atoms. The second-order valence-electron chi connectivity index (χ2n) is 9.51. The number of nitro groups is 1. The van der Waals surface area contributed by atoms with Crippen molar-refractivity contribution in [2.75, 3.05) is 5.32 Å². The van der Waals surface area contributed by atoms with Crippen molar-refractivity contribution in [1.82, 2.24) is 5.32 Å². The van der Waals surface area contributed by atoms with Crippen LogP contribution in [0.2, 0.25) is 5.02 Å². The number of anilines is 1. The number of hydrogen-bond donors (Lipinski definition) is 3. The highest BCUT2D eigenvalue weighted by atomic mass is 35.5. The Morgan fingerprint density at radius 2 is 1.79 bits per heavy atom. The summed E-state index contributed by atoms with van der Waals surface area (Å²) in [6.45, 7) is 5.69. The van der Waals surface area contributed by atoms with Crippen molar-refractivity contribution in [3.63, 3.8) is 0 Å². The predicted molar refractivity (Wildman–Crippen MR) is 154 cm³/mol. The van der Waals surface area contributed by atoms with Crippen LogP contribution in [0.25, 0.3) is 5.70 Å². The van der Waals surface area contributed by atoms with Gasteiger partial charge in [-0.25, -0.2) is 4.79 Å². The van der Waals surface area contributed by atoms with Crippen molar-refractivity contribution in [2.45, 2.75) is 52.5 Å². The fourth-order valence-corrected chi connectivity index (χ4v) is 4.65. The minimum Gasteiger partial charge on any atom is -0.480 e. The number of nitrogens with zero attached hydrogens (tertiary/aromatic N) is 1. The van der Waals surface area contributed by atoms with Gasteiger partial charge in [-0.15, -0.1) is 0 Å². The monoisotopic (exact) mass is 549 g/mol. The highest BCUT2D eigenvalue weighted by Crippen LogP contribution is 2.36. The third kappa shape index (κ3) is 7.91. The SMILES string of the molecule is Cc1cc(CC(NC(=C2CCC2)c2c(C)cccc2Cl)C(=O)O)ccc1NC=O.Cc1cccc([N+](=O)[O-])c1. The molecule has 1 fully saturated rings. The molecule has 3 N–H and O–H groups in total. The Balaban J connectivity index is 0.000000353. The van der Waals surface area contributed by atoms with E-state index in [9.17, 15) is 24.8 Å². The number of carboxylic acid groups (broad SMARTS) is 1. The first-order chi connectivity index (χ1) is 18.6. The van der Waals surface area contributed by atoms with E-state index in [-0.39, 0.29) is 5.69 Å². The number of carbonyl (C=O) groups is 2. The highest BCUT2D eigenvalue weighted by Gasteiger charge is 2.25. The number of nitro benzene ring substituents is 1. The molecule has 1 aliphatic carbocycles. The molecule has 9 heteroatoms. The van der Waals surface area contributed by atoms with Gasteiger partial charge in [0.25, 0.3) is 5.69 Å². The van der Waals surface area contributed by atoms with E-state index in [2.05, 4.69) is 10.6 Å². The summed E-state index contributed by atoms with van der Waals surface area (Å²) in [5, 5.41) is 26.6. The van der Waals surface area contributed by atoms with Crippen molar-refractivity contribution >= 4 is 41.1 Å². The van der Waals surface area contributed by atoms with Crippen LogP contribution in [0.3, 0.4) is 0 Å². The topological polar surface area (TPSA) is 122 Å². The molecular weight excluding hydrogens is 518 g/mol. The average Bonchev–Trinajstić information content (AvgIpc) is 2.84. The van der Waals surface area contributed by atoms with Gasteiger partial charge in [0.1, 0.15) is 6.04 Å². The van der Waals surface area contributed by atoms with Gasteiger partial charge in [0, 0.05) is 35.5 Å². The summed E-state index contributed by atoms with van der Waals surface area (Å²) >= 11 is 6.48. The molecule has 8 nitrogen and oxygen atoms in total. The van der Waals surface area contributed by atoms with Crippen molar-refractivity contribution in [2.24, 2.45) is 0 Å². The molecule has 1 saturated carbocycles. The van der Waals surface area contributed by atoms with Crippen molar-refractivity contribution in [3.8, 4) is 0 Å². The summed E-state index contributed by atoms with van der Waals surface area (Å²) in [4.78, 5) is 32.5. The number of non-ortho nitro benzene ring substituents is 1. The zero-order chi connectivity index (χ0) is 28.5. The number of halogens is 1. The fraction of sp³-hybridized carbons (Fsp3) is 0.267. The highest BCUT2D eigenvalue weighted by molar-refractivity contribution is 6.32. The lowest BCUT2D eigenvalue weighted by Gasteiger charge is -2.28. The van der Waals surface area contributed by atoms with Crippen LogP contribution in [-0.2, 0) is 16.0 Å². The van der Waals surface area contributed by atoms with Gasteiger partial charge in [0.05, 0.1) is 9.95 Å². The minimum absolute atomic E-state index is 0.153.